The van der Waals surface area contributed by atoms with Gasteiger partial charge in [-0.2, -0.15) is 0 Å². The third-order valence-electron chi connectivity index (χ3n) is 4.76. The van der Waals surface area contributed by atoms with Crippen LogP contribution in [0.4, 0.5) is 11.4 Å². The lowest BCUT2D eigenvalue weighted by Crippen LogP contribution is -2.20. The second-order valence-corrected chi connectivity index (χ2v) is 8.64. The Balaban J connectivity index is 1.85. The quantitative estimate of drug-likeness (QED) is 0.629. The Morgan fingerprint density at radius 2 is 1.88 bits per heavy atom. The van der Waals surface area contributed by atoms with E-state index in [1.165, 1.54) is 23.3 Å². The van der Waals surface area contributed by atoms with Crippen molar-refractivity contribution in [2.75, 3.05) is 18.1 Å². The molecule has 0 saturated heterocycles. The lowest BCUT2D eigenvalue weighted by Gasteiger charge is -2.20. The summed E-state index contributed by atoms with van der Waals surface area (Å²) < 4.78 is 23.7. The molecule has 25 heavy (non-hydrogen) atoms. The summed E-state index contributed by atoms with van der Waals surface area (Å²) in [7, 11) is -3.68. The number of nitro benzene ring substituents is 1. The number of hydrogen-bond donors (Lipinski definition) is 1. The first-order valence-electron chi connectivity index (χ1n) is 8.01. The molecule has 132 valence electrons. The summed E-state index contributed by atoms with van der Waals surface area (Å²) in [6.07, 6.45) is 3.11. The Labute approximate surface area is 147 Å². The lowest BCUT2D eigenvalue weighted by atomic mass is 9.92. The molecule has 0 unspecified atom stereocenters. The fraction of sp³-hybridized carbons (Fsp3) is 0.333. The third-order valence-corrected chi connectivity index (χ3v) is 5.88. The van der Waals surface area contributed by atoms with Gasteiger partial charge in [0.1, 0.15) is 4.90 Å². The summed E-state index contributed by atoms with van der Waals surface area (Å²) in [4.78, 5) is 10.1. The number of nitrogens with zero attached hydrogens (tertiary/aromatic N) is 1. The summed E-state index contributed by atoms with van der Waals surface area (Å²) in [5, 5.41) is 14.3. The minimum Gasteiger partial charge on any atom is -0.384 e. The Kier molecular flexibility index (Phi) is 4.28. The van der Waals surface area contributed by atoms with E-state index in [-0.39, 0.29) is 10.3 Å². The molecule has 0 aliphatic heterocycles. The van der Waals surface area contributed by atoms with Gasteiger partial charge in [0.15, 0.2) is 9.84 Å². The molecule has 0 spiro atoms. The molecular weight excluding hydrogens is 340 g/mol. The van der Waals surface area contributed by atoms with E-state index in [0.717, 1.165) is 19.1 Å². The van der Waals surface area contributed by atoms with Crippen molar-refractivity contribution in [3.8, 4) is 0 Å². The number of rotatable bonds is 6. The van der Waals surface area contributed by atoms with Crippen LogP contribution in [0, 0.1) is 17.0 Å². The van der Waals surface area contributed by atoms with Crippen LogP contribution in [0.5, 0.6) is 0 Å². The average Bonchev–Trinajstić information content (AvgIpc) is 3.33. The van der Waals surface area contributed by atoms with Gasteiger partial charge in [-0.05, 0) is 43.0 Å². The number of anilines is 1. The highest BCUT2D eigenvalue weighted by Crippen LogP contribution is 2.49. The highest BCUT2D eigenvalue weighted by molar-refractivity contribution is 7.90. The monoisotopic (exact) mass is 360 g/mol. The van der Waals surface area contributed by atoms with Crippen LogP contribution in [-0.2, 0) is 15.3 Å². The first-order chi connectivity index (χ1) is 11.7. The van der Waals surface area contributed by atoms with Crippen molar-refractivity contribution in [1.82, 2.24) is 0 Å². The van der Waals surface area contributed by atoms with Crippen molar-refractivity contribution in [1.29, 1.82) is 0 Å². The second kappa shape index (κ2) is 6.15. The van der Waals surface area contributed by atoms with Crippen molar-refractivity contribution in [3.05, 3.63) is 63.7 Å². The van der Waals surface area contributed by atoms with Crippen molar-refractivity contribution < 1.29 is 13.3 Å². The van der Waals surface area contributed by atoms with Gasteiger partial charge in [0, 0.05) is 30.0 Å². The van der Waals surface area contributed by atoms with Crippen LogP contribution in [-0.4, -0.2) is 26.1 Å². The molecule has 0 bridgehead atoms. The molecule has 1 N–H and O–H groups in total. The van der Waals surface area contributed by atoms with Crippen LogP contribution in [0.1, 0.15) is 24.0 Å². The van der Waals surface area contributed by atoms with Gasteiger partial charge >= 0.3 is 0 Å². The Morgan fingerprint density at radius 1 is 1.20 bits per heavy atom. The van der Waals surface area contributed by atoms with Gasteiger partial charge in [0.25, 0.3) is 5.69 Å². The van der Waals surface area contributed by atoms with Gasteiger partial charge in [0.2, 0.25) is 0 Å². The maximum atomic E-state index is 11.9. The standard InChI is InChI=1S/C18H20N2O4S/c1-13-5-3-4-6-15(13)18(9-10-18)12-19-14-7-8-16(20(21)22)17(11-14)25(2,23)24/h3-8,11,19H,9-10,12H2,1-2H3. The van der Waals surface area contributed by atoms with Crippen molar-refractivity contribution in [2.45, 2.75) is 30.1 Å². The zero-order chi connectivity index (χ0) is 18.2. The van der Waals surface area contributed by atoms with E-state index in [1.807, 2.05) is 12.1 Å². The number of nitrogens with one attached hydrogen (secondary N) is 1. The summed E-state index contributed by atoms with van der Waals surface area (Å²) in [6.45, 7) is 2.75. The van der Waals surface area contributed by atoms with Crippen LogP contribution in [0.25, 0.3) is 0 Å². The van der Waals surface area contributed by atoms with Crippen LogP contribution in [0.2, 0.25) is 0 Å². The van der Waals surface area contributed by atoms with Gasteiger partial charge in [-0.15, -0.1) is 0 Å². The molecular formula is C18H20N2O4S. The normalized spacial score (nSPS) is 15.6. The van der Waals surface area contributed by atoms with Crippen LogP contribution in [0.15, 0.2) is 47.4 Å². The molecule has 0 heterocycles. The molecule has 0 radical (unpaired) electrons. The Bertz CT molecular complexity index is 934. The van der Waals surface area contributed by atoms with E-state index >= 15 is 0 Å². The van der Waals surface area contributed by atoms with E-state index in [0.29, 0.717) is 12.2 Å². The molecule has 3 rings (SSSR count). The summed E-state index contributed by atoms with van der Waals surface area (Å²) in [5.41, 5.74) is 2.77. The zero-order valence-corrected chi connectivity index (χ0v) is 15.0. The molecule has 1 aliphatic rings. The highest BCUT2D eigenvalue weighted by atomic mass is 32.2. The summed E-state index contributed by atoms with van der Waals surface area (Å²) in [5.74, 6) is 0. The smallest absolute Gasteiger partial charge is 0.288 e. The number of nitro groups is 1. The molecule has 2 aromatic carbocycles. The summed E-state index contributed by atoms with van der Waals surface area (Å²) in [6, 6.07) is 12.4. The fourth-order valence-electron chi connectivity index (χ4n) is 3.20. The van der Waals surface area contributed by atoms with Crippen LogP contribution >= 0.6 is 0 Å². The van der Waals surface area contributed by atoms with Gasteiger partial charge < -0.3 is 5.32 Å². The molecule has 1 saturated carbocycles. The molecule has 0 aromatic heterocycles. The molecule has 0 atom stereocenters. The molecule has 7 heteroatoms. The maximum absolute atomic E-state index is 11.9. The van der Waals surface area contributed by atoms with E-state index in [1.54, 1.807) is 6.07 Å². The van der Waals surface area contributed by atoms with E-state index in [4.69, 9.17) is 0 Å². The zero-order valence-electron chi connectivity index (χ0n) is 14.2. The van der Waals surface area contributed by atoms with E-state index < -0.39 is 20.4 Å². The predicted molar refractivity (Wildman–Crippen MR) is 96.8 cm³/mol. The Hall–Kier alpha value is -2.41. The minimum absolute atomic E-state index is 0.0539. The van der Waals surface area contributed by atoms with Gasteiger partial charge in [-0.1, -0.05) is 24.3 Å². The Morgan fingerprint density at radius 3 is 2.44 bits per heavy atom. The lowest BCUT2D eigenvalue weighted by molar-refractivity contribution is -0.387. The molecule has 1 aliphatic carbocycles. The van der Waals surface area contributed by atoms with Crippen LogP contribution < -0.4 is 5.32 Å². The number of hydrogen-bond acceptors (Lipinski definition) is 5. The van der Waals surface area contributed by atoms with E-state index in [9.17, 15) is 18.5 Å². The van der Waals surface area contributed by atoms with E-state index in [2.05, 4.69) is 24.4 Å². The van der Waals surface area contributed by atoms with Crippen molar-refractivity contribution in [3.63, 3.8) is 0 Å². The van der Waals surface area contributed by atoms with Gasteiger partial charge in [-0.3, -0.25) is 10.1 Å². The van der Waals surface area contributed by atoms with Gasteiger partial charge in [0.05, 0.1) is 4.92 Å². The average molecular weight is 360 g/mol. The molecule has 1 fully saturated rings. The number of sulfone groups is 1. The first-order valence-corrected chi connectivity index (χ1v) is 9.91. The third kappa shape index (κ3) is 3.51. The number of benzene rings is 2. The first kappa shape index (κ1) is 17.4. The second-order valence-electron chi connectivity index (χ2n) is 6.66. The highest BCUT2D eigenvalue weighted by Gasteiger charge is 2.44. The maximum Gasteiger partial charge on any atom is 0.288 e. The topological polar surface area (TPSA) is 89.3 Å². The molecule has 2 aromatic rings. The molecule has 6 nitrogen and oxygen atoms in total. The van der Waals surface area contributed by atoms with Crippen molar-refractivity contribution in [2.24, 2.45) is 0 Å². The molecule has 0 amide bonds. The summed E-state index contributed by atoms with van der Waals surface area (Å²) >= 11 is 0. The SMILES string of the molecule is Cc1ccccc1C1(CNc2ccc([N+](=O)[O-])c(S(C)(=O)=O)c2)CC1. The minimum atomic E-state index is -3.68. The predicted octanol–water partition coefficient (Wildman–Crippen LogP) is 3.45. The number of aryl methyl sites for hydroxylation is 1. The largest absolute Gasteiger partial charge is 0.384 e. The van der Waals surface area contributed by atoms with Gasteiger partial charge in [-0.25, -0.2) is 8.42 Å². The van der Waals surface area contributed by atoms with Crippen LogP contribution in [0.3, 0.4) is 0 Å². The van der Waals surface area contributed by atoms with Crippen molar-refractivity contribution >= 4 is 21.2 Å². The fourth-order valence-corrected chi connectivity index (χ4v) is 4.07.